The number of hydrogen-bond donors (Lipinski definition) is 2. The average molecular weight is 362 g/mol. The molecule has 0 heterocycles. The molecule has 1 aromatic rings. The molecule has 0 bridgehead atoms. The van der Waals surface area contributed by atoms with E-state index in [0.717, 1.165) is 18.0 Å². The lowest BCUT2D eigenvalue weighted by Crippen LogP contribution is -2.27. The Morgan fingerprint density at radius 3 is 2.94 bits per heavy atom. The third kappa shape index (κ3) is 3.28. The number of nitrogen functional groups attached to an aromatic ring is 1. The summed E-state index contributed by atoms with van der Waals surface area (Å²) in [5.41, 5.74) is 7.32. The zero-order valence-corrected chi connectivity index (χ0v) is 12.8. The summed E-state index contributed by atoms with van der Waals surface area (Å²) in [6, 6.07) is 3.65. The summed E-state index contributed by atoms with van der Waals surface area (Å²) < 4.78 is 14.1. The molecule has 0 aromatic heterocycles. The number of benzene rings is 1. The van der Waals surface area contributed by atoms with Gasteiger partial charge in [-0.15, -0.1) is 0 Å². The molecule has 3 N–H and O–H groups in total. The van der Waals surface area contributed by atoms with Gasteiger partial charge in [0.2, 0.25) is 0 Å². The Bertz CT molecular complexity index is 423. The second-order valence-electron chi connectivity index (χ2n) is 5.14. The first kappa shape index (κ1) is 13.9. The van der Waals surface area contributed by atoms with Gasteiger partial charge in [0, 0.05) is 12.1 Å². The van der Waals surface area contributed by atoms with Gasteiger partial charge in [0.1, 0.15) is 5.82 Å². The summed E-state index contributed by atoms with van der Waals surface area (Å²) in [4.78, 5) is 0. The number of halogens is 2. The molecule has 0 radical (unpaired) electrons. The van der Waals surface area contributed by atoms with Gasteiger partial charge in [-0.25, -0.2) is 4.39 Å². The third-order valence-electron chi connectivity index (χ3n) is 3.81. The van der Waals surface area contributed by atoms with E-state index in [1.807, 2.05) is 22.6 Å². The molecule has 2 nitrogen and oxygen atoms in total. The molecule has 1 aromatic carbocycles. The molecule has 2 atom stereocenters. The summed E-state index contributed by atoms with van der Waals surface area (Å²) in [7, 11) is 0. The van der Waals surface area contributed by atoms with E-state index in [4.69, 9.17) is 5.73 Å². The van der Waals surface area contributed by atoms with E-state index in [1.165, 1.54) is 31.7 Å². The molecule has 0 saturated heterocycles. The SMILES string of the molecule is CCC1CCCC(Nc2cc(F)c(I)cc2N)C1. The Labute approximate surface area is 122 Å². The van der Waals surface area contributed by atoms with Gasteiger partial charge >= 0.3 is 0 Å². The second-order valence-corrected chi connectivity index (χ2v) is 6.30. The molecule has 1 fully saturated rings. The summed E-state index contributed by atoms with van der Waals surface area (Å²) in [6.45, 7) is 2.24. The van der Waals surface area contributed by atoms with E-state index in [2.05, 4.69) is 12.2 Å². The number of anilines is 2. The summed E-state index contributed by atoms with van der Waals surface area (Å²) in [5, 5.41) is 3.41. The van der Waals surface area contributed by atoms with E-state index in [0.29, 0.717) is 15.3 Å². The molecule has 4 heteroatoms. The van der Waals surface area contributed by atoms with Crippen LogP contribution in [0, 0.1) is 15.3 Å². The second kappa shape index (κ2) is 6.08. The number of rotatable bonds is 3. The van der Waals surface area contributed by atoms with Crippen molar-refractivity contribution in [3.8, 4) is 0 Å². The fourth-order valence-electron chi connectivity index (χ4n) is 2.70. The van der Waals surface area contributed by atoms with Gasteiger partial charge in [-0.2, -0.15) is 0 Å². The van der Waals surface area contributed by atoms with Crippen LogP contribution < -0.4 is 11.1 Å². The van der Waals surface area contributed by atoms with Crippen LogP contribution in [0.25, 0.3) is 0 Å². The minimum atomic E-state index is -0.199. The quantitative estimate of drug-likeness (QED) is 0.618. The minimum absolute atomic E-state index is 0.199. The Hall–Kier alpha value is -0.520. The molecule has 1 aliphatic carbocycles. The van der Waals surface area contributed by atoms with Crippen LogP contribution in [-0.2, 0) is 0 Å². The topological polar surface area (TPSA) is 38.0 Å². The highest BCUT2D eigenvalue weighted by Crippen LogP contribution is 2.31. The van der Waals surface area contributed by atoms with Crippen LogP contribution in [0.2, 0.25) is 0 Å². The highest BCUT2D eigenvalue weighted by atomic mass is 127. The number of nitrogens with two attached hydrogens (primary N) is 1. The van der Waals surface area contributed by atoms with Gasteiger partial charge in [-0.1, -0.05) is 26.2 Å². The van der Waals surface area contributed by atoms with Crippen LogP contribution in [0.3, 0.4) is 0 Å². The van der Waals surface area contributed by atoms with E-state index in [9.17, 15) is 4.39 Å². The maximum atomic E-state index is 13.6. The summed E-state index contributed by atoms with van der Waals surface area (Å²) >= 11 is 1.96. The normalized spacial score (nSPS) is 23.9. The lowest BCUT2D eigenvalue weighted by atomic mass is 9.84. The van der Waals surface area contributed by atoms with Crippen molar-refractivity contribution in [1.29, 1.82) is 0 Å². The van der Waals surface area contributed by atoms with Crippen LogP contribution >= 0.6 is 22.6 Å². The standard InChI is InChI=1S/C14H20FIN2/c1-2-9-4-3-5-10(6-9)18-14-7-11(15)12(16)8-13(14)17/h7-10,18H,2-6,17H2,1H3. The van der Waals surface area contributed by atoms with Crippen LogP contribution in [0.1, 0.15) is 39.0 Å². The van der Waals surface area contributed by atoms with Crippen molar-refractivity contribution in [3.05, 3.63) is 21.5 Å². The molecule has 2 rings (SSSR count). The highest BCUT2D eigenvalue weighted by Gasteiger charge is 2.21. The van der Waals surface area contributed by atoms with Crippen molar-refractivity contribution < 1.29 is 4.39 Å². The molecule has 0 spiro atoms. The van der Waals surface area contributed by atoms with E-state index in [-0.39, 0.29) is 5.82 Å². The first-order valence-electron chi connectivity index (χ1n) is 6.61. The minimum Gasteiger partial charge on any atom is -0.397 e. The van der Waals surface area contributed by atoms with Crippen LogP contribution in [-0.4, -0.2) is 6.04 Å². The van der Waals surface area contributed by atoms with E-state index >= 15 is 0 Å². The lowest BCUT2D eigenvalue weighted by molar-refractivity contribution is 0.327. The van der Waals surface area contributed by atoms with Crippen molar-refractivity contribution in [2.45, 2.75) is 45.1 Å². The monoisotopic (exact) mass is 362 g/mol. The van der Waals surface area contributed by atoms with Crippen molar-refractivity contribution >= 4 is 34.0 Å². The van der Waals surface area contributed by atoms with Gasteiger partial charge in [0.05, 0.1) is 14.9 Å². The van der Waals surface area contributed by atoms with Crippen LogP contribution in [0.15, 0.2) is 12.1 Å². The molecular formula is C14H20FIN2. The highest BCUT2D eigenvalue weighted by molar-refractivity contribution is 14.1. The predicted octanol–water partition coefficient (Wildman–Crippen LogP) is 4.39. The number of hydrogen-bond acceptors (Lipinski definition) is 2. The number of nitrogens with one attached hydrogen (secondary N) is 1. The molecular weight excluding hydrogens is 342 g/mol. The molecule has 1 saturated carbocycles. The van der Waals surface area contributed by atoms with E-state index in [1.54, 1.807) is 6.07 Å². The smallest absolute Gasteiger partial charge is 0.138 e. The summed E-state index contributed by atoms with van der Waals surface area (Å²) in [6.07, 6.45) is 6.13. The van der Waals surface area contributed by atoms with Crippen molar-refractivity contribution in [1.82, 2.24) is 0 Å². The molecule has 2 unspecified atom stereocenters. The summed E-state index contributed by atoms with van der Waals surface area (Å²) in [5.74, 6) is 0.598. The van der Waals surface area contributed by atoms with Crippen LogP contribution in [0.4, 0.5) is 15.8 Å². The van der Waals surface area contributed by atoms with Crippen molar-refractivity contribution in [3.63, 3.8) is 0 Å². The van der Waals surface area contributed by atoms with Gasteiger partial charge in [-0.05, 0) is 47.4 Å². The molecule has 0 aliphatic heterocycles. The maximum Gasteiger partial charge on any atom is 0.138 e. The maximum absolute atomic E-state index is 13.6. The average Bonchev–Trinajstić information content (AvgIpc) is 2.36. The van der Waals surface area contributed by atoms with Crippen molar-refractivity contribution in [2.75, 3.05) is 11.1 Å². The lowest BCUT2D eigenvalue weighted by Gasteiger charge is -2.30. The molecule has 100 valence electrons. The zero-order chi connectivity index (χ0) is 13.1. The van der Waals surface area contributed by atoms with Gasteiger partial charge in [0.15, 0.2) is 0 Å². The van der Waals surface area contributed by atoms with Gasteiger partial charge in [0.25, 0.3) is 0 Å². The Morgan fingerprint density at radius 2 is 2.22 bits per heavy atom. The van der Waals surface area contributed by atoms with Crippen LogP contribution in [0.5, 0.6) is 0 Å². The van der Waals surface area contributed by atoms with Crippen molar-refractivity contribution in [2.24, 2.45) is 5.92 Å². The molecule has 0 amide bonds. The Kier molecular flexibility index (Phi) is 4.70. The fraction of sp³-hybridized carbons (Fsp3) is 0.571. The molecule has 18 heavy (non-hydrogen) atoms. The van der Waals surface area contributed by atoms with Gasteiger partial charge < -0.3 is 11.1 Å². The largest absolute Gasteiger partial charge is 0.397 e. The first-order chi connectivity index (χ1) is 8.60. The third-order valence-corrected chi connectivity index (χ3v) is 4.64. The molecule has 1 aliphatic rings. The fourth-order valence-corrected chi connectivity index (χ4v) is 3.19. The zero-order valence-electron chi connectivity index (χ0n) is 10.7. The predicted molar refractivity (Wildman–Crippen MR) is 83.2 cm³/mol. The Balaban J connectivity index is 2.07. The van der Waals surface area contributed by atoms with Gasteiger partial charge in [-0.3, -0.25) is 0 Å². The van der Waals surface area contributed by atoms with E-state index < -0.39 is 0 Å². The Morgan fingerprint density at radius 1 is 1.44 bits per heavy atom. The first-order valence-corrected chi connectivity index (χ1v) is 7.69.